The van der Waals surface area contributed by atoms with Crippen LogP contribution >= 0.6 is 68.0 Å². The highest BCUT2D eigenvalue weighted by Crippen LogP contribution is 2.50. The van der Waals surface area contributed by atoms with Crippen molar-refractivity contribution in [2.45, 2.75) is 142 Å². The van der Waals surface area contributed by atoms with E-state index in [9.17, 15) is 0 Å². The standard InChI is InChI=1S/C59H66N2S6/c1-3-5-7-9-11-16-24-43-40-55(66-58(43)53-36-34-50(63-53)49-33-32-48(62-49)42-60-45-26-18-13-19-27-45)56-41-44(25-17-12-10-8-6-4-2)59(67-56)54-37-35-51(64-54)52-38-39-57(65-52)61(46-28-20-14-21-29-46)47-30-22-15-23-31-47/h14-15,20-23,28-42,45H,3-13,16-19,24-27H2,1-2H3. The van der Waals surface area contributed by atoms with Crippen LogP contribution in [0.2, 0.25) is 0 Å². The van der Waals surface area contributed by atoms with E-state index in [-0.39, 0.29) is 0 Å². The van der Waals surface area contributed by atoms with Crippen LogP contribution in [0.15, 0.2) is 126 Å². The third-order valence-electron chi connectivity index (χ3n) is 13.1. The molecule has 0 amide bonds. The van der Waals surface area contributed by atoms with Crippen LogP contribution in [0.4, 0.5) is 16.4 Å². The second-order valence-corrected chi connectivity index (χ2v) is 24.7. The van der Waals surface area contributed by atoms with Crippen molar-refractivity contribution in [3.8, 4) is 48.8 Å². The summed E-state index contributed by atoms with van der Waals surface area (Å²) in [5, 5.41) is 1.23. The van der Waals surface area contributed by atoms with Crippen molar-refractivity contribution in [3.05, 3.63) is 137 Å². The molecule has 1 aliphatic rings. The summed E-state index contributed by atoms with van der Waals surface area (Å²) in [4.78, 5) is 22.7. The maximum Gasteiger partial charge on any atom is 0.101 e. The zero-order valence-corrected chi connectivity index (χ0v) is 44.4. The number of para-hydroxylation sites is 2. The SMILES string of the molecule is CCCCCCCCc1cc(-c2cc(CCCCCCCC)c(-c3ccc(-c4ccc(N(c5ccccc5)c5ccccc5)s4)s3)s2)sc1-c1ccc(-c2ccc(C=NC3CCCCC3)s2)s1. The molecule has 0 unspecified atom stereocenters. The molecule has 0 saturated heterocycles. The van der Waals surface area contributed by atoms with Gasteiger partial charge in [0.25, 0.3) is 0 Å². The molecule has 1 aliphatic carbocycles. The van der Waals surface area contributed by atoms with Crippen molar-refractivity contribution in [1.29, 1.82) is 0 Å². The fraction of sp³-hybridized carbons (Fsp3) is 0.373. The Bertz CT molecular complexity index is 2690. The highest BCUT2D eigenvalue weighted by molar-refractivity contribution is 7.31. The molecular weight excluding hydrogens is 929 g/mol. The van der Waals surface area contributed by atoms with E-state index in [1.807, 2.05) is 68.0 Å². The van der Waals surface area contributed by atoms with Gasteiger partial charge in [-0.25, -0.2) is 0 Å². The van der Waals surface area contributed by atoms with Crippen LogP contribution in [-0.2, 0) is 12.8 Å². The van der Waals surface area contributed by atoms with E-state index >= 15 is 0 Å². The van der Waals surface area contributed by atoms with Crippen molar-refractivity contribution in [2.24, 2.45) is 4.99 Å². The van der Waals surface area contributed by atoms with Crippen molar-refractivity contribution in [2.75, 3.05) is 4.90 Å². The summed E-state index contributed by atoms with van der Waals surface area (Å²) < 4.78 is 0. The molecule has 0 spiro atoms. The van der Waals surface area contributed by atoms with Gasteiger partial charge in [-0.3, -0.25) is 4.99 Å². The Morgan fingerprint density at radius 3 is 1.46 bits per heavy atom. The summed E-state index contributed by atoms with van der Waals surface area (Å²) >= 11 is 11.8. The van der Waals surface area contributed by atoms with Gasteiger partial charge >= 0.3 is 0 Å². The molecule has 0 N–H and O–H groups in total. The Hall–Kier alpha value is -3.89. The Labute approximate surface area is 425 Å². The first-order valence-corrected chi connectivity index (χ1v) is 30.1. The molecule has 0 bridgehead atoms. The van der Waals surface area contributed by atoms with Gasteiger partial charge in [-0.05, 0) is 135 Å². The van der Waals surface area contributed by atoms with Crippen LogP contribution in [0.1, 0.15) is 139 Å². The zero-order valence-electron chi connectivity index (χ0n) is 39.5. The predicted octanol–water partition coefficient (Wildman–Crippen LogP) is 21.4. The lowest BCUT2D eigenvalue weighted by atomic mass is 9.96. The molecule has 8 heteroatoms. The highest BCUT2D eigenvalue weighted by atomic mass is 32.1. The lowest BCUT2D eigenvalue weighted by Gasteiger charge is -2.23. The normalized spacial score (nSPS) is 13.3. The molecule has 2 aromatic carbocycles. The van der Waals surface area contributed by atoms with Crippen LogP contribution < -0.4 is 4.90 Å². The van der Waals surface area contributed by atoms with Gasteiger partial charge in [0.1, 0.15) is 5.00 Å². The number of hydrogen-bond donors (Lipinski definition) is 0. The second-order valence-electron chi connectivity index (χ2n) is 18.2. The smallest absolute Gasteiger partial charge is 0.101 e. The minimum atomic E-state index is 0.511. The van der Waals surface area contributed by atoms with Gasteiger partial charge in [-0.15, -0.1) is 68.0 Å². The first-order chi connectivity index (χ1) is 33.1. The Balaban J connectivity index is 0.997. The quantitative estimate of drug-likeness (QED) is 0.0435. The molecule has 2 nitrogen and oxygen atoms in total. The lowest BCUT2D eigenvalue weighted by molar-refractivity contribution is 0.444. The number of aryl methyl sites for hydroxylation is 2. The predicted molar refractivity (Wildman–Crippen MR) is 304 cm³/mol. The first kappa shape index (κ1) is 48.1. The van der Waals surface area contributed by atoms with Crippen molar-refractivity contribution < 1.29 is 0 Å². The van der Waals surface area contributed by atoms with Crippen LogP contribution in [0.5, 0.6) is 0 Å². The molecule has 1 saturated carbocycles. The summed E-state index contributed by atoms with van der Waals surface area (Å²) in [6.45, 7) is 4.63. The Kier molecular flexibility index (Phi) is 17.7. The minimum Gasteiger partial charge on any atom is -0.302 e. The van der Waals surface area contributed by atoms with Crippen molar-refractivity contribution in [3.63, 3.8) is 0 Å². The van der Waals surface area contributed by atoms with E-state index in [2.05, 4.69) is 146 Å². The number of nitrogens with zero attached hydrogens (tertiary/aromatic N) is 2. The average Bonchev–Trinajstić information content (AvgIpc) is 4.24. The third kappa shape index (κ3) is 12.7. The summed E-state index contributed by atoms with van der Waals surface area (Å²) in [5.41, 5.74) is 5.42. The van der Waals surface area contributed by atoms with Gasteiger partial charge < -0.3 is 4.90 Å². The highest BCUT2D eigenvalue weighted by Gasteiger charge is 2.21. The molecule has 1 fully saturated rings. The van der Waals surface area contributed by atoms with Gasteiger partial charge in [-0.2, -0.15) is 0 Å². The van der Waals surface area contributed by atoms with Crippen molar-refractivity contribution >= 4 is 90.6 Å². The summed E-state index contributed by atoms with van der Waals surface area (Å²) in [6, 6.07) is 46.0. The van der Waals surface area contributed by atoms with Gasteiger partial charge in [-0.1, -0.05) is 134 Å². The van der Waals surface area contributed by atoms with E-state index < -0.39 is 0 Å². The Morgan fingerprint density at radius 2 is 0.910 bits per heavy atom. The van der Waals surface area contributed by atoms with Gasteiger partial charge in [0.15, 0.2) is 0 Å². The van der Waals surface area contributed by atoms with Crippen LogP contribution in [-0.4, -0.2) is 12.3 Å². The topological polar surface area (TPSA) is 15.6 Å². The third-order valence-corrected chi connectivity index (χ3v) is 20.6. The summed E-state index contributed by atoms with van der Waals surface area (Å²) in [7, 11) is 0. The molecule has 6 aromatic heterocycles. The molecule has 67 heavy (non-hydrogen) atoms. The van der Waals surface area contributed by atoms with Gasteiger partial charge in [0, 0.05) is 77.3 Å². The number of aliphatic imine (C=N–C) groups is 1. The maximum absolute atomic E-state index is 5.00. The first-order valence-electron chi connectivity index (χ1n) is 25.2. The lowest BCUT2D eigenvalue weighted by Crippen LogP contribution is -2.09. The van der Waals surface area contributed by atoms with Gasteiger partial charge in [0.05, 0.1) is 0 Å². The molecule has 0 radical (unpaired) electrons. The summed E-state index contributed by atoms with van der Waals surface area (Å²) in [6.07, 6.45) is 26.8. The minimum absolute atomic E-state index is 0.511. The molecule has 0 atom stereocenters. The van der Waals surface area contributed by atoms with Crippen molar-refractivity contribution in [1.82, 2.24) is 0 Å². The molecule has 0 aliphatic heterocycles. The van der Waals surface area contributed by atoms with E-state index in [0.717, 1.165) is 12.8 Å². The Morgan fingerprint density at radius 1 is 0.448 bits per heavy atom. The maximum atomic E-state index is 5.00. The van der Waals surface area contributed by atoms with Gasteiger partial charge in [0.2, 0.25) is 0 Å². The molecule has 348 valence electrons. The second kappa shape index (κ2) is 24.6. The summed E-state index contributed by atoms with van der Waals surface area (Å²) in [5.74, 6) is 0. The van der Waals surface area contributed by atoms with E-state index in [1.165, 1.54) is 190 Å². The largest absolute Gasteiger partial charge is 0.302 e. The number of benzene rings is 2. The number of thiophene rings is 6. The number of anilines is 3. The molecular formula is C59H66N2S6. The number of unbranched alkanes of at least 4 members (excludes halogenated alkanes) is 10. The average molecular weight is 996 g/mol. The zero-order chi connectivity index (χ0) is 45.6. The molecule has 8 aromatic rings. The van der Waals surface area contributed by atoms with E-state index in [1.54, 1.807) is 0 Å². The molecule has 9 rings (SSSR count). The van der Waals surface area contributed by atoms with Crippen LogP contribution in [0.25, 0.3) is 48.8 Å². The monoisotopic (exact) mass is 994 g/mol. The molecule has 6 heterocycles. The fourth-order valence-corrected chi connectivity index (χ4v) is 16.3. The fourth-order valence-electron chi connectivity index (χ4n) is 9.37. The van der Waals surface area contributed by atoms with Crippen LogP contribution in [0, 0.1) is 0 Å². The van der Waals surface area contributed by atoms with Crippen LogP contribution in [0.3, 0.4) is 0 Å². The van der Waals surface area contributed by atoms with E-state index in [0.29, 0.717) is 6.04 Å². The number of hydrogen-bond acceptors (Lipinski definition) is 8. The number of rotatable bonds is 24. The van der Waals surface area contributed by atoms with E-state index in [4.69, 9.17) is 4.99 Å².